The van der Waals surface area contributed by atoms with Gasteiger partial charge in [-0.15, -0.1) is 0 Å². The van der Waals surface area contributed by atoms with Crippen molar-refractivity contribution in [3.8, 4) is 0 Å². The van der Waals surface area contributed by atoms with E-state index in [9.17, 15) is 0 Å². The van der Waals surface area contributed by atoms with Crippen molar-refractivity contribution >= 4 is 5.69 Å². The lowest BCUT2D eigenvalue weighted by Gasteiger charge is -2.07. The number of fused-ring (bicyclic) bond motifs is 1. The molecule has 0 aliphatic carbocycles. The monoisotopic (exact) mass is 223 g/mol. The van der Waals surface area contributed by atoms with Gasteiger partial charge in [-0.2, -0.15) is 0 Å². The molecule has 0 saturated heterocycles. The van der Waals surface area contributed by atoms with Crippen molar-refractivity contribution in [1.29, 1.82) is 0 Å². The fraction of sp³-hybridized carbons (Fsp3) is 0.250. The molecule has 2 aromatic rings. The lowest BCUT2D eigenvalue weighted by molar-refractivity contribution is 0.937. The fourth-order valence-electron chi connectivity index (χ4n) is 2.58. The standard InChI is InChI=1S/C16H17N/c1-2-5-13(6-3-1)9-10-14-7-4-8-16-15(14)11-12-17-16/h1-8,17H,9-12H2. The Kier molecular flexibility index (Phi) is 2.83. The summed E-state index contributed by atoms with van der Waals surface area (Å²) in [6.07, 6.45) is 3.46. The molecule has 1 heteroatoms. The molecule has 1 aliphatic heterocycles. The largest absolute Gasteiger partial charge is 0.384 e. The van der Waals surface area contributed by atoms with Crippen LogP contribution in [0.25, 0.3) is 0 Å². The van der Waals surface area contributed by atoms with Gasteiger partial charge in [0.15, 0.2) is 0 Å². The van der Waals surface area contributed by atoms with E-state index < -0.39 is 0 Å². The van der Waals surface area contributed by atoms with Gasteiger partial charge in [0.25, 0.3) is 0 Å². The minimum absolute atomic E-state index is 1.09. The molecular weight excluding hydrogens is 206 g/mol. The summed E-state index contributed by atoms with van der Waals surface area (Å²) in [6, 6.07) is 17.4. The van der Waals surface area contributed by atoms with Crippen molar-refractivity contribution < 1.29 is 0 Å². The first kappa shape index (κ1) is 10.4. The summed E-state index contributed by atoms with van der Waals surface area (Å²) in [5.74, 6) is 0. The van der Waals surface area contributed by atoms with E-state index in [-0.39, 0.29) is 0 Å². The van der Waals surface area contributed by atoms with Crippen molar-refractivity contribution in [2.75, 3.05) is 11.9 Å². The smallest absolute Gasteiger partial charge is 0.0376 e. The Morgan fingerprint density at radius 1 is 0.882 bits per heavy atom. The van der Waals surface area contributed by atoms with Gasteiger partial charge in [0, 0.05) is 12.2 Å². The third-order valence-electron chi connectivity index (χ3n) is 3.49. The zero-order valence-electron chi connectivity index (χ0n) is 9.95. The number of nitrogens with one attached hydrogen (secondary N) is 1. The molecule has 86 valence electrons. The number of aryl methyl sites for hydroxylation is 2. The summed E-state index contributed by atoms with van der Waals surface area (Å²) in [6.45, 7) is 1.09. The van der Waals surface area contributed by atoms with Gasteiger partial charge < -0.3 is 5.32 Å². The molecular formula is C16H17N. The van der Waals surface area contributed by atoms with Crippen LogP contribution in [0.1, 0.15) is 16.7 Å². The number of hydrogen-bond acceptors (Lipinski definition) is 1. The molecule has 0 aromatic heterocycles. The molecule has 2 aromatic carbocycles. The maximum Gasteiger partial charge on any atom is 0.0376 e. The maximum absolute atomic E-state index is 3.44. The third kappa shape index (κ3) is 2.19. The Morgan fingerprint density at radius 3 is 2.65 bits per heavy atom. The van der Waals surface area contributed by atoms with E-state index in [1.165, 1.54) is 28.8 Å². The van der Waals surface area contributed by atoms with Crippen LogP contribution in [0.5, 0.6) is 0 Å². The van der Waals surface area contributed by atoms with Crippen LogP contribution in [0, 0.1) is 0 Å². The highest BCUT2D eigenvalue weighted by Crippen LogP contribution is 2.26. The summed E-state index contributed by atoms with van der Waals surface area (Å²) in [7, 11) is 0. The minimum atomic E-state index is 1.09. The number of anilines is 1. The molecule has 0 spiro atoms. The molecule has 1 N–H and O–H groups in total. The Bertz CT molecular complexity index is 502. The molecule has 1 heterocycles. The second-order valence-electron chi connectivity index (χ2n) is 4.61. The summed E-state index contributed by atoms with van der Waals surface area (Å²) < 4.78 is 0. The van der Waals surface area contributed by atoms with Crippen LogP contribution < -0.4 is 5.32 Å². The average molecular weight is 223 g/mol. The van der Waals surface area contributed by atoms with Crippen molar-refractivity contribution in [3.63, 3.8) is 0 Å². The number of rotatable bonds is 3. The molecule has 0 radical (unpaired) electrons. The lowest BCUT2D eigenvalue weighted by Crippen LogP contribution is -1.95. The highest BCUT2D eigenvalue weighted by molar-refractivity contribution is 5.58. The molecule has 0 fully saturated rings. The van der Waals surface area contributed by atoms with Gasteiger partial charge in [-0.3, -0.25) is 0 Å². The Balaban J connectivity index is 1.76. The van der Waals surface area contributed by atoms with Gasteiger partial charge in [-0.25, -0.2) is 0 Å². The SMILES string of the molecule is c1ccc(CCc2cccc3c2CCN3)cc1. The summed E-state index contributed by atoms with van der Waals surface area (Å²) >= 11 is 0. The number of benzene rings is 2. The first-order valence-electron chi connectivity index (χ1n) is 6.32. The first-order valence-corrected chi connectivity index (χ1v) is 6.32. The predicted octanol–water partition coefficient (Wildman–Crippen LogP) is 3.44. The van der Waals surface area contributed by atoms with Crippen LogP contribution in [0.2, 0.25) is 0 Å². The van der Waals surface area contributed by atoms with Crippen molar-refractivity contribution in [2.45, 2.75) is 19.3 Å². The Hall–Kier alpha value is -1.76. The van der Waals surface area contributed by atoms with E-state index in [1.54, 1.807) is 0 Å². The van der Waals surface area contributed by atoms with Gasteiger partial charge in [0.1, 0.15) is 0 Å². The van der Waals surface area contributed by atoms with E-state index in [4.69, 9.17) is 0 Å². The lowest BCUT2D eigenvalue weighted by atomic mass is 9.98. The molecule has 3 rings (SSSR count). The highest BCUT2D eigenvalue weighted by atomic mass is 14.9. The zero-order valence-corrected chi connectivity index (χ0v) is 9.95. The third-order valence-corrected chi connectivity index (χ3v) is 3.49. The molecule has 0 amide bonds. The molecule has 1 nitrogen and oxygen atoms in total. The van der Waals surface area contributed by atoms with Crippen molar-refractivity contribution in [3.05, 3.63) is 65.2 Å². The average Bonchev–Trinajstić information content (AvgIpc) is 2.86. The Labute approximate surface area is 102 Å². The van der Waals surface area contributed by atoms with Gasteiger partial charge in [-0.05, 0) is 42.0 Å². The molecule has 0 saturated carbocycles. The normalized spacial score (nSPS) is 13.2. The predicted molar refractivity (Wildman–Crippen MR) is 72.5 cm³/mol. The van der Waals surface area contributed by atoms with Crippen LogP contribution in [0.3, 0.4) is 0 Å². The van der Waals surface area contributed by atoms with E-state index >= 15 is 0 Å². The van der Waals surface area contributed by atoms with E-state index in [0.29, 0.717) is 0 Å². The molecule has 17 heavy (non-hydrogen) atoms. The quantitative estimate of drug-likeness (QED) is 0.840. The topological polar surface area (TPSA) is 12.0 Å². The fourth-order valence-corrected chi connectivity index (χ4v) is 2.58. The van der Waals surface area contributed by atoms with Gasteiger partial charge in [0.05, 0.1) is 0 Å². The molecule has 0 unspecified atom stereocenters. The van der Waals surface area contributed by atoms with E-state index in [2.05, 4.69) is 53.8 Å². The second kappa shape index (κ2) is 4.62. The van der Waals surface area contributed by atoms with Crippen molar-refractivity contribution in [2.24, 2.45) is 0 Å². The molecule has 0 atom stereocenters. The van der Waals surface area contributed by atoms with E-state index in [0.717, 1.165) is 19.4 Å². The summed E-state index contributed by atoms with van der Waals surface area (Å²) in [4.78, 5) is 0. The van der Waals surface area contributed by atoms with Gasteiger partial charge in [0.2, 0.25) is 0 Å². The van der Waals surface area contributed by atoms with Gasteiger partial charge in [-0.1, -0.05) is 42.5 Å². The second-order valence-corrected chi connectivity index (χ2v) is 4.61. The van der Waals surface area contributed by atoms with Gasteiger partial charge >= 0.3 is 0 Å². The highest BCUT2D eigenvalue weighted by Gasteiger charge is 2.12. The van der Waals surface area contributed by atoms with Crippen LogP contribution in [0.15, 0.2) is 48.5 Å². The van der Waals surface area contributed by atoms with Crippen molar-refractivity contribution in [1.82, 2.24) is 0 Å². The Morgan fingerprint density at radius 2 is 1.76 bits per heavy atom. The molecule has 0 bridgehead atoms. The summed E-state index contributed by atoms with van der Waals surface area (Å²) in [5.41, 5.74) is 5.81. The van der Waals surface area contributed by atoms with Crippen LogP contribution in [-0.2, 0) is 19.3 Å². The zero-order chi connectivity index (χ0) is 11.5. The summed E-state index contributed by atoms with van der Waals surface area (Å²) in [5, 5.41) is 3.44. The number of hydrogen-bond donors (Lipinski definition) is 1. The maximum atomic E-state index is 3.44. The van der Waals surface area contributed by atoms with Crippen LogP contribution in [0.4, 0.5) is 5.69 Å². The van der Waals surface area contributed by atoms with E-state index in [1.807, 2.05) is 0 Å². The minimum Gasteiger partial charge on any atom is -0.384 e. The van der Waals surface area contributed by atoms with Crippen LogP contribution in [-0.4, -0.2) is 6.54 Å². The first-order chi connectivity index (χ1) is 8.43. The van der Waals surface area contributed by atoms with Crippen LogP contribution >= 0.6 is 0 Å². The molecule has 1 aliphatic rings.